The summed E-state index contributed by atoms with van der Waals surface area (Å²) < 4.78 is 25.2. The number of para-hydroxylation sites is 2. The van der Waals surface area contributed by atoms with E-state index in [1.165, 1.54) is 0 Å². The molecular formula is C18H15NO4. The molecule has 1 heterocycles. The molecule has 0 spiro atoms. The summed E-state index contributed by atoms with van der Waals surface area (Å²) in [4.78, 5) is 25.0. The Morgan fingerprint density at radius 3 is 2.57 bits per heavy atom. The first-order valence-corrected chi connectivity index (χ1v) is 6.93. The highest BCUT2D eigenvalue weighted by molar-refractivity contribution is 6.23. The molecule has 0 bridgehead atoms. The van der Waals surface area contributed by atoms with Crippen molar-refractivity contribution in [3.05, 3.63) is 66.7 Å². The molecule has 2 aromatic rings. The summed E-state index contributed by atoms with van der Waals surface area (Å²) in [7, 11) is 0. The van der Waals surface area contributed by atoms with Gasteiger partial charge >= 0.3 is 6.09 Å². The minimum atomic E-state index is -2.20. The number of nitrogens with zero attached hydrogens (tertiary/aromatic N) is 1. The minimum absolute atomic E-state index is 0.0150. The summed E-state index contributed by atoms with van der Waals surface area (Å²) in [6.45, 7) is 1.07. The molecule has 0 atom stereocenters. The van der Waals surface area contributed by atoms with Crippen LogP contribution in [-0.4, -0.2) is 30.0 Å². The van der Waals surface area contributed by atoms with E-state index in [0.717, 1.165) is 0 Å². The summed E-state index contributed by atoms with van der Waals surface area (Å²) in [5, 5.41) is 0. The average molecular weight is 311 g/mol. The van der Waals surface area contributed by atoms with Gasteiger partial charge in [0.05, 0.1) is 9.29 Å². The van der Waals surface area contributed by atoms with Crippen LogP contribution in [0, 0.1) is 0 Å². The monoisotopic (exact) mass is 311 g/mol. The lowest BCUT2D eigenvalue weighted by molar-refractivity contribution is -0.121. The lowest BCUT2D eigenvalue weighted by Gasteiger charge is -2.15. The summed E-state index contributed by atoms with van der Waals surface area (Å²) >= 11 is 0. The Labute approximate surface area is 136 Å². The third kappa shape index (κ3) is 3.08. The third-order valence-corrected chi connectivity index (χ3v) is 3.29. The average Bonchev–Trinajstić information content (AvgIpc) is 2.87. The fraction of sp³-hybridized carbons (Fsp3) is 0.111. The molecule has 5 heteroatoms. The van der Waals surface area contributed by atoms with Crippen molar-refractivity contribution in [2.45, 2.75) is 0 Å². The van der Waals surface area contributed by atoms with Crippen LogP contribution >= 0.6 is 0 Å². The van der Waals surface area contributed by atoms with Crippen LogP contribution in [0.3, 0.4) is 0 Å². The largest absolute Gasteiger partial charge is 0.457 e. The highest BCUT2D eigenvalue weighted by atomic mass is 16.6. The molecule has 0 unspecified atom stereocenters. The molecule has 23 heavy (non-hydrogen) atoms. The second-order valence-corrected chi connectivity index (χ2v) is 4.79. The van der Waals surface area contributed by atoms with Gasteiger partial charge in [-0.25, -0.2) is 9.69 Å². The van der Waals surface area contributed by atoms with Gasteiger partial charge in [-0.05, 0) is 18.2 Å². The summed E-state index contributed by atoms with van der Waals surface area (Å²) in [5.74, 6) is 0.269. The summed E-state index contributed by atoms with van der Waals surface area (Å²) in [6.07, 6.45) is -1.03. The van der Waals surface area contributed by atoms with Crippen LogP contribution in [0.5, 0.6) is 11.5 Å². The second kappa shape index (κ2) is 6.36. The minimum Gasteiger partial charge on any atom is -0.457 e. The number of benzene rings is 2. The summed E-state index contributed by atoms with van der Waals surface area (Å²) in [5.41, 5.74) is 0.429. The smallest absolute Gasteiger partial charge is 0.416 e. The number of hydrogen-bond donors (Lipinski definition) is 0. The zero-order chi connectivity index (χ0) is 18.0. The fourth-order valence-corrected chi connectivity index (χ4v) is 2.13. The third-order valence-electron chi connectivity index (χ3n) is 3.29. The van der Waals surface area contributed by atoms with Gasteiger partial charge in [-0.1, -0.05) is 43.0 Å². The van der Waals surface area contributed by atoms with Crippen LogP contribution in [0.2, 0.25) is 0 Å². The van der Waals surface area contributed by atoms with Gasteiger partial charge in [0, 0.05) is 11.1 Å². The van der Waals surface area contributed by atoms with Crippen LogP contribution < -0.4 is 4.74 Å². The Morgan fingerprint density at radius 2 is 1.87 bits per heavy atom. The molecule has 5 nitrogen and oxygen atoms in total. The quantitative estimate of drug-likeness (QED) is 0.811. The Morgan fingerprint density at radius 1 is 1.17 bits per heavy atom. The molecule has 0 saturated carbocycles. The van der Waals surface area contributed by atoms with E-state index in [1.54, 1.807) is 36.4 Å². The van der Waals surface area contributed by atoms with Gasteiger partial charge in [0.1, 0.15) is 18.1 Å². The number of hydrogen-bond acceptors (Lipinski definition) is 4. The molecule has 116 valence electrons. The van der Waals surface area contributed by atoms with Crippen molar-refractivity contribution in [3.63, 3.8) is 0 Å². The molecule has 0 aromatic heterocycles. The van der Waals surface area contributed by atoms with Crippen LogP contribution in [0.1, 0.15) is 8.30 Å². The zero-order valence-corrected chi connectivity index (χ0v) is 12.2. The van der Waals surface area contributed by atoms with E-state index in [-0.39, 0.29) is 5.57 Å². The van der Waals surface area contributed by atoms with Crippen molar-refractivity contribution in [2.75, 3.05) is 13.1 Å². The Bertz CT molecular complexity index is 836. The second-order valence-electron chi connectivity index (χ2n) is 4.79. The number of carbonyl (C=O) groups is 2. The molecule has 1 saturated heterocycles. The van der Waals surface area contributed by atoms with Gasteiger partial charge in [0.2, 0.25) is 0 Å². The normalized spacial score (nSPS) is 17.0. The molecule has 0 N–H and O–H groups in total. The van der Waals surface area contributed by atoms with Crippen LogP contribution in [0.15, 0.2) is 61.2 Å². The standard InChI is InChI=1S/C18H15NO4/c1-13(17(20)19-11-12-22-18(19)21)15-9-5-6-10-16(15)23-14-7-3-2-4-8-14/h2-10H,1,11-12H2/i12D2. The van der Waals surface area contributed by atoms with Gasteiger partial charge in [-0.15, -0.1) is 0 Å². The lowest BCUT2D eigenvalue weighted by atomic mass is 10.1. The van der Waals surface area contributed by atoms with Gasteiger partial charge in [0.25, 0.3) is 5.91 Å². The van der Waals surface area contributed by atoms with Gasteiger partial charge < -0.3 is 9.47 Å². The van der Waals surface area contributed by atoms with Crippen molar-refractivity contribution in [1.82, 2.24) is 4.90 Å². The molecule has 1 aliphatic heterocycles. The number of ether oxygens (including phenoxy) is 2. The number of amides is 2. The molecule has 0 radical (unpaired) electrons. The van der Waals surface area contributed by atoms with E-state index in [4.69, 9.17) is 7.48 Å². The van der Waals surface area contributed by atoms with E-state index in [9.17, 15) is 9.59 Å². The highest BCUT2D eigenvalue weighted by Gasteiger charge is 2.31. The first-order chi connectivity index (χ1) is 11.9. The van der Waals surface area contributed by atoms with E-state index >= 15 is 0 Å². The van der Waals surface area contributed by atoms with Gasteiger partial charge in [-0.2, -0.15) is 0 Å². The van der Waals surface area contributed by atoms with Gasteiger partial charge in [-0.3, -0.25) is 4.79 Å². The van der Waals surface area contributed by atoms with E-state index < -0.39 is 25.1 Å². The van der Waals surface area contributed by atoms with Crippen molar-refractivity contribution in [2.24, 2.45) is 0 Å². The molecule has 2 amide bonds. The molecule has 0 aliphatic carbocycles. The molecule has 3 rings (SSSR count). The van der Waals surface area contributed by atoms with Crippen molar-refractivity contribution in [1.29, 1.82) is 0 Å². The first-order valence-electron chi connectivity index (χ1n) is 7.93. The van der Waals surface area contributed by atoms with Gasteiger partial charge in [0.15, 0.2) is 0 Å². The fourth-order valence-electron chi connectivity index (χ4n) is 2.13. The number of imide groups is 1. The molecular weight excluding hydrogens is 294 g/mol. The molecule has 2 aromatic carbocycles. The highest BCUT2D eigenvalue weighted by Crippen LogP contribution is 2.30. The van der Waals surface area contributed by atoms with E-state index in [1.807, 2.05) is 18.2 Å². The van der Waals surface area contributed by atoms with Crippen LogP contribution in [0.4, 0.5) is 4.79 Å². The van der Waals surface area contributed by atoms with Crippen molar-refractivity contribution in [3.8, 4) is 11.5 Å². The number of cyclic esters (lactones) is 1. The zero-order valence-electron chi connectivity index (χ0n) is 14.2. The lowest BCUT2D eigenvalue weighted by Crippen LogP contribution is -2.32. The Kier molecular flexibility index (Phi) is 3.44. The van der Waals surface area contributed by atoms with Crippen LogP contribution in [0.25, 0.3) is 5.57 Å². The Hall–Kier alpha value is -3.08. The predicted octanol–water partition coefficient (Wildman–Crippen LogP) is 3.47. The predicted molar refractivity (Wildman–Crippen MR) is 85.1 cm³/mol. The van der Waals surface area contributed by atoms with E-state index in [0.29, 0.717) is 22.0 Å². The van der Waals surface area contributed by atoms with Crippen molar-refractivity contribution < 1.29 is 21.8 Å². The maximum absolute atomic E-state index is 12.6. The molecule has 1 aliphatic rings. The first kappa shape index (κ1) is 12.5. The van der Waals surface area contributed by atoms with Crippen molar-refractivity contribution >= 4 is 17.6 Å². The Balaban J connectivity index is 1.85. The maximum atomic E-state index is 12.6. The van der Waals surface area contributed by atoms with Crippen LogP contribution in [-0.2, 0) is 9.53 Å². The maximum Gasteiger partial charge on any atom is 0.416 e. The SMILES string of the molecule is [2H]C1([2H])CN(C(=O)C(=C)c2ccccc2Oc2ccccc2)C(=O)O1. The number of carbonyl (C=O) groups excluding carboxylic acids is 2. The molecule has 1 fully saturated rings. The van der Waals surface area contributed by atoms with E-state index in [2.05, 4.69) is 11.3 Å². The summed E-state index contributed by atoms with van der Waals surface area (Å²) in [6, 6.07) is 15.8. The number of rotatable bonds is 4. The topological polar surface area (TPSA) is 55.8 Å².